The number of amides is 1. The van der Waals surface area contributed by atoms with Gasteiger partial charge in [0, 0.05) is 19.0 Å². The minimum absolute atomic E-state index is 0.0582. The van der Waals surface area contributed by atoms with Crippen LogP contribution < -0.4 is 5.32 Å². The molecule has 0 aromatic carbocycles. The van der Waals surface area contributed by atoms with Crippen LogP contribution in [0.25, 0.3) is 0 Å². The molecule has 0 saturated carbocycles. The van der Waals surface area contributed by atoms with Gasteiger partial charge >= 0.3 is 5.97 Å². The second kappa shape index (κ2) is 5.34. The van der Waals surface area contributed by atoms with Crippen molar-refractivity contribution in [2.75, 3.05) is 25.5 Å². The van der Waals surface area contributed by atoms with Crippen LogP contribution in [0.5, 0.6) is 0 Å². The van der Waals surface area contributed by atoms with Gasteiger partial charge in [-0.25, -0.2) is 9.78 Å². The lowest BCUT2D eigenvalue weighted by molar-refractivity contribution is -0.127. The molecule has 6 nitrogen and oxygen atoms in total. The Morgan fingerprint density at radius 2 is 2.50 bits per heavy atom. The molecule has 1 aliphatic heterocycles. The minimum Gasteiger partial charge on any atom is -0.461 e. The van der Waals surface area contributed by atoms with Crippen LogP contribution in [0.4, 0.5) is 5.13 Å². The number of rotatable bonds is 4. The Hall–Kier alpha value is -1.63. The van der Waals surface area contributed by atoms with Crippen LogP contribution in [-0.4, -0.2) is 48.0 Å². The maximum atomic E-state index is 11.7. The van der Waals surface area contributed by atoms with Crippen LogP contribution in [0.1, 0.15) is 23.8 Å². The molecule has 7 heteroatoms. The van der Waals surface area contributed by atoms with Crippen molar-refractivity contribution in [3.63, 3.8) is 0 Å². The van der Waals surface area contributed by atoms with Gasteiger partial charge in [-0.1, -0.05) is 0 Å². The van der Waals surface area contributed by atoms with Gasteiger partial charge in [-0.05, 0) is 13.3 Å². The van der Waals surface area contributed by atoms with E-state index in [1.54, 1.807) is 24.3 Å². The van der Waals surface area contributed by atoms with E-state index in [2.05, 4.69) is 10.3 Å². The molecular weight excluding hydrogens is 254 g/mol. The van der Waals surface area contributed by atoms with Crippen molar-refractivity contribution >= 4 is 28.3 Å². The van der Waals surface area contributed by atoms with E-state index in [9.17, 15) is 9.59 Å². The fourth-order valence-electron chi connectivity index (χ4n) is 1.74. The quantitative estimate of drug-likeness (QED) is 0.824. The molecule has 2 rings (SSSR count). The Morgan fingerprint density at radius 1 is 1.72 bits per heavy atom. The summed E-state index contributed by atoms with van der Waals surface area (Å²) >= 11 is 1.30. The minimum atomic E-state index is -0.434. The summed E-state index contributed by atoms with van der Waals surface area (Å²) in [5.41, 5.74) is 0.281. The number of hydrogen-bond acceptors (Lipinski definition) is 6. The molecule has 18 heavy (non-hydrogen) atoms. The van der Waals surface area contributed by atoms with Gasteiger partial charge in [-0.3, -0.25) is 4.79 Å². The van der Waals surface area contributed by atoms with E-state index >= 15 is 0 Å². The number of esters is 1. The zero-order valence-electron chi connectivity index (χ0n) is 10.3. The Balaban J connectivity index is 1.99. The summed E-state index contributed by atoms with van der Waals surface area (Å²) in [6.07, 6.45) is 0.754. The molecule has 1 atom stereocenters. The van der Waals surface area contributed by atoms with Gasteiger partial charge in [0.15, 0.2) is 10.8 Å². The Labute approximate surface area is 109 Å². The highest BCUT2D eigenvalue weighted by molar-refractivity contribution is 7.13. The van der Waals surface area contributed by atoms with Crippen LogP contribution in [-0.2, 0) is 9.53 Å². The molecule has 1 N–H and O–H groups in total. The van der Waals surface area contributed by atoms with Crippen molar-refractivity contribution in [1.82, 2.24) is 9.88 Å². The van der Waals surface area contributed by atoms with Crippen molar-refractivity contribution < 1.29 is 14.3 Å². The van der Waals surface area contributed by atoms with Crippen LogP contribution in [0.2, 0.25) is 0 Å². The van der Waals surface area contributed by atoms with E-state index in [-0.39, 0.29) is 17.6 Å². The van der Waals surface area contributed by atoms with Crippen molar-refractivity contribution in [1.29, 1.82) is 0 Å². The predicted octanol–water partition coefficient (Wildman–Crippen LogP) is 0.962. The highest BCUT2D eigenvalue weighted by Gasteiger charge is 2.29. The van der Waals surface area contributed by atoms with Crippen molar-refractivity contribution in [2.24, 2.45) is 0 Å². The number of carbonyl (C=O) groups is 2. The zero-order chi connectivity index (χ0) is 13.1. The molecule has 2 heterocycles. The fraction of sp³-hybridized carbons (Fsp3) is 0.545. The molecule has 0 radical (unpaired) electrons. The maximum absolute atomic E-state index is 11.7. The summed E-state index contributed by atoms with van der Waals surface area (Å²) in [6, 6.07) is -0.240. The van der Waals surface area contributed by atoms with Gasteiger partial charge in [-0.2, -0.15) is 0 Å². The second-order valence-electron chi connectivity index (χ2n) is 4.00. The Morgan fingerprint density at radius 3 is 3.11 bits per heavy atom. The van der Waals surface area contributed by atoms with Crippen molar-refractivity contribution in [2.45, 2.75) is 19.4 Å². The first-order chi connectivity index (χ1) is 8.61. The Bertz CT molecular complexity index is 460. The van der Waals surface area contributed by atoms with Gasteiger partial charge in [0.2, 0.25) is 5.91 Å². The number of nitrogens with zero attached hydrogens (tertiary/aromatic N) is 2. The first-order valence-electron chi connectivity index (χ1n) is 5.76. The molecule has 1 saturated heterocycles. The monoisotopic (exact) mass is 269 g/mol. The summed E-state index contributed by atoms with van der Waals surface area (Å²) in [6.45, 7) is 2.81. The number of hydrogen-bond donors (Lipinski definition) is 1. The largest absolute Gasteiger partial charge is 0.461 e. The SMILES string of the molecule is CCOC(=O)c1csc(NC2CCN(C)C2=O)n1. The highest BCUT2D eigenvalue weighted by atomic mass is 32.1. The number of aromatic nitrogens is 1. The molecule has 98 valence electrons. The Kier molecular flexibility index (Phi) is 3.81. The van der Waals surface area contributed by atoms with E-state index in [0.717, 1.165) is 13.0 Å². The van der Waals surface area contributed by atoms with Gasteiger partial charge in [0.1, 0.15) is 6.04 Å². The third-order valence-electron chi connectivity index (χ3n) is 2.71. The summed E-state index contributed by atoms with van der Waals surface area (Å²) in [5.74, 6) is -0.375. The number of carbonyl (C=O) groups excluding carboxylic acids is 2. The third kappa shape index (κ3) is 2.61. The smallest absolute Gasteiger partial charge is 0.357 e. The lowest BCUT2D eigenvalue weighted by atomic mass is 10.2. The summed E-state index contributed by atoms with van der Waals surface area (Å²) in [5, 5.41) is 5.25. The fourth-order valence-corrected chi connectivity index (χ4v) is 2.48. The predicted molar refractivity (Wildman–Crippen MR) is 67.7 cm³/mol. The van der Waals surface area contributed by atoms with Crippen LogP contribution in [0.3, 0.4) is 0 Å². The zero-order valence-corrected chi connectivity index (χ0v) is 11.1. The van der Waals surface area contributed by atoms with Gasteiger partial charge in [0.05, 0.1) is 6.61 Å². The van der Waals surface area contributed by atoms with Gasteiger partial charge in [-0.15, -0.1) is 11.3 Å². The third-order valence-corrected chi connectivity index (χ3v) is 3.49. The van der Waals surface area contributed by atoms with Gasteiger partial charge in [0.25, 0.3) is 0 Å². The second-order valence-corrected chi connectivity index (χ2v) is 4.86. The molecule has 0 aliphatic carbocycles. The standard InChI is InChI=1S/C11H15N3O3S/c1-3-17-10(16)8-6-18-11(13-8)12-7-4-5-14(2)9(7)15/h6-7H,3-5H2,1-2H3,(H,12,13). The number of nitrogens with one attached hydrogen (secondary N) is 1. The molecule has 1 amide bonds. The molecule has 0 spiro atoms. The molecule has 1 aromatic heterocycles. The van der Waals surface area contributed by atoms with E-state index in [1.807, 2.05) is 0 Å². The molecule has 1 aliphatic rings. The average Bonchev–Trinajstić information content (AvgIpc) is 2.92. The van der Waals surface area contributed by atoms with E-state index < -0.39 is 5.97 Å². The number of anilines is 1. The van der Waals surface area contributed by atoms with Crippen LogP contribution in [0, 0.1) is 0 Å². The van der Waals surface area contributed by atoms with Crippen molar-refractivity contribution in [3.05, 3.63) is 11.1 Å². The van der Waals surface area contributed by atoms with Crippen LogP contribution >= 0.6 is 11.3 Å². The molecule has 0 bridgehead atoms. The lowest BCUT2D eigenvalue weighted by Crippen LogP contribution is -2.30. The molecule has 1 unspecified atom stereocenters. The number of ether oxygens (including phenoxy) is 1. The number of likely N-dealkylation sites (tertiary alicyclic amines) is 1. The summed E-state index contributed by atoms with van der Waals surface area (Å²) in [7, 11) is 1.77. The van der Waals surface area contributed by atoms with Crippen LogP contribution in [0.15, 0.2) is 5.38 Å². The summed E-state index contributed by atoms with van der Waals surface area (Å²) in [4.78, 5) is 28.9. The van der Waals surface area contributed by atoms with E-state index in [1.165, 1.54) is 11.3 Å². The van der Waals surface area contributed by atoms with Gasteiger partial charge < -0.3 is 15.0 Å². The highest BCUT2D eigenvalue weighted by Crippen LogP contribution is 2.20. The topological polar surface area (TPSA) is 71.5 Å². The first-order valence-corrected chi connectivity index (χ1v) is 6.64. The summed E-state index contributed by atoms with van der Waals surface area (Å²) < 4.78 is 4.85. The number of likely N-dealkylation sites (N-methyl/N-ethyl adjacent to an activating group) is 1. The first kappa shape index (κ1) is 12.8. The maximum Gasteiger partial charge on any atom is 0.357 e. The molecular formula is C11H15N3O3S. The lowest BCUT2D eigenvalue weighted by Gasteiger charge is -2.10. The van der Waals surface area contributed by atoms with E-state index in [0.29, 0.717) is 11.7 Å². The molecule has 1 aromatic rings. The average molecular weight is 269 g/mol. The number of thiazole rings is 1. The normalized spacial score (nSPS) is 19.1. The molecule has 1 fully saturated rings. The van der Waals surface area contributed by atoms with Crippen molar-refractivity contribution in [3.8, 4) is 0 Å². The van der Waals surface area contributed by atoms with E-state index in [4.69, 9.17) is 4.74 Å².